The Bertz CT molecular complexity index is 789. The molecule has 0 radical (unpaired) electrons. The minimum atomic E-state index is -2.84. The van der Waals surface area contributed by atoms with Gasteiger partial charge in [-0.2, -0.15) is 4.98 Å². The van der Waals surface area contributed by atoms with E-state index in [0.29, 0.717) is 31.5 Å². The van der Waals surface area contributed by atoms with Crippen molar-refractivity contribution >= 4 is 36.8 Å². The SMILES string of the molecule is Nc1ncn([C@@H]2O[C@H](CO)[C@@H](O)[C@H]2O)c(=O)n1.O=P1(N(CCCl)CCCl)NCCCO1. The molecule has 0 spiro atoms. The molecule has 2 aliphatic rings. The third-order valence-corrected chi connectivity index (χ3v) is 7.13. The molecule has 1 aromatic heterocycles. The Kier molecular flexibility index (Phi) is 10.6. The average molecular weight is 505 g/mol. The van der Waals surface area contributed by atoms with Gasteiger partial charge in [0.05, 0.1) is 13.2 Å². The molecule has 0 amide bonds. The Morgan fingerprint density at radius 1 is 1.32 bits per heavy atom. The van der Waals surface area contributed by atoms with Crippen LogP contribution in [0.15, 0.2) is 11.1 Å². The molecule has 3 rings (SSSR count). The normalized spacial score (nSPS) is 30.8. The smallest absolute Gasteiger partial charge is 0.354 e. The largest absolute Gasteiger partial charge is 0.394 e. The van der Waals surface area contributed by atoms with Crippen LogP contribution in [-0.4, -0.2) is 97.4 Å². The highest BCUT2D eigenvalue weighted by atomic mass is 35.5. The summed E-state index contributed by atoms with van der Waals surface area (Å²) in [6.45, 7) is 1.83. The minimum absolute atomic E-state index is 0.196. The molecule has 16 heteroatoms. The van der Waals surface area contributed by atoms with Crippen molar-refractivity contribution in [1.82, 2.24) is 24.3 Å². The van der Waals surface area contributed by atoms with E-state index in [1.54, 1.807) is 4.67 Å². The van der Waals surface area contributed by atoms with E-state index in [1.165, 1.54) is 0 Å². The maximum absolute atomic E-state index is 12.2. The van der Waals surface area contributed by atoms with Gasteiger partial charge >= 0.3 is 13.4 Å². The fourth-order valence-electron chi connectivity index (χ4n) is 2.92. The van der Waals surface area contributed by atoms with Gasteiger partial charge in [0.15, 0.2) is 6.23 Å². The monoisotopic (exact) mass is 504 g/mol. The van der Waals surface area contributed by atoms with Gasteiger partial charge in [-0.3, -0.25) is 9.13 Å². The zero-order valence-corrected chi connectivity index (χ0v) is 19.0. The number of halogens is 2. The summed E-state index contributed by atoms with van der Waals surface area (Å²) < 4.78 is 25.2. The van der Waals surface area contributed by atoms with Crippen LogP contribution in [0.1, 0.15) is 12.6 Å². The summed E-state index contributed by atoms with van der Waals surface area (Å²) in [5, 5.41) is 31.0. The van der Waals surface area contributed by atoms with Gasteiger partial charge in [0.1, 0.15) is 24.6 Å². The number of aliphatic hydroxyl groups excluding tert-OH is 3. The summed E-state index contributed by atoms with van der Waals surface area (Å²) >= 11 is 11.2. The van der Waals surface area contributed by atoms with Gasteiger partial charge < -0.3 is 30.3 Å². The molecule has 0 saturated carbocycles. The number of anilines is 1. The van der Waals surface area contributed by atoms with Gasteiger partial charge in [0.2, 0.25) is 5.95 Å². The third-order valence-electron chi connectivity index (χ3n) is 4.49. The third kappa shape index (κ3) is 6.81. The first-order valence-corrected chi connectivity index (χ1v) is 12.1. The molecule has 3 heterocycles. The van der Waals surface area contributed by atoms with Crippen molar-refractivity contribution in [2.75, 3.05) is 50.3 Å². The van der Waals surface area contributed by atoms with Crippen molar-refractivity contribution < 1.29 is 29.1 Å². The van der Waals surface area contributed by atoms with Gasteiger partial charge in [-0.1, -0.05) is 0 Å². The number of nitrogens with one attached hydrogen (secondary N) is 1. The van der Waals surface area contributed by atoms with Crippen LogP contribution in [0.4, 0.5) is 5.95 Å². The Morgan fingerprint density at radius 3 is 2.48 bits per heavy atom. The van der Waals surface area contributed by atoms with Crippen molar-refractivity contribution in [3.05, 3.63) is 16.8 Å². The van der Waals surface area contributed by atoms with E-state index in [4.69, 9.17) is 43.3 Å². The lowest BCUT2D eigenvalue weighted by Gasteiger charge is -2.33. The van der Waals surface area contributed by atoms with Crippen LogP contribution >= 0.6 is 30.9 Å². The molecule has 0 aliphatic carbocycles. The van der Waals surface area contributed by atoms with E-state index in [0.717, 1.165) is 23.9 Å². The minimum Gasteiger partial charge on any atom is -0.394 e. The number of nitrogen functional groups attached to an aromatic ring is 1. The summed E-state index contributed by atoms with van der Waals surface area (Å²) in [6, 6.07) is 0. The molecule has 13 nitrogen and oxygen atoms in total. The van der Waals surface area contributed by atoms with Gasteiger partial charge in [-0.15, -0.1) is 23.2 Å². The van der Waals surface area contributed by atoms with Crippen LogP contribution in [0.2, 0.25) is 0 Å². The summed E-state index contributed by atoms with van der Waals surface area (Å²) in [4.78, 5) is 18.4. The van der Waals surface area contributed by atoms with Gasteiger partial charge in [0.25, 0.3) is 0 Å². The van der Waals surface area contributed by atoms with Crippen molar-refractivity contribution in [3.8, 4) is 0 Å². The Balaban J connectivity index is 0.000000225. The van der Waals surface area contributed by atoms with Crippen LogP contribution in [0.5, 0.6) is 0 Å². The Labute approximate surface area is 188 Å². The molecule has 5 atom stereocenters. The first kappa shape index (κ1) is 26.4. The number of hydrogen-bond acceptors (Lipinski definition) is 10. The Hall–Kier alpha value is -0.860. The lowest BCUT2D eigenvalue weighted by atomic mass is 10.1. The molecule has 2 aliphatic heterocycles. The number of aromatic nitrogens is 3. The molecule has 0 aromatic carbocycles. The van der Waals surface area contributed by atoms with Crippen LogP contribution in [0.25, 0.3) is 0 Å². The standard InChI is InChI=1S/C8H12N4O5.C7H15Cl2N2O2P/c9-7-10-2-12(8(16)11-7)6-5(15)4(14)3(1-13)17-6;8-2-5-11(6-3-9)14(12)10-4-1-7-13-14/h2-6,13-15H,1H2,(H2,9,11,16);1-7H2,(H,10,12)/t3-,4-,5-,6-;/m1./s1. The van der Waals surface area contributed by atoms with Crippen LogP contribution in [-0.2, 0) is 13.8 Å². The second-order valence-electron chi connectivity index (χ2n) is 6.58. The van der Waals surface area contributed by atoms with Crippen LogP contribution < -0.4 is 16.5 Å². The van der Waals surface area contributed by atoms with Gasteiger partial charge in [-0.05, 0) is 6.42 Å². The lowest BCUT2D eigenvalue weighted by molar-refractivity contribution is -0.0554. The van der Waals surface area contributed by atoms with E-state index in [1.807, 2.05) is 0 Å². The Morgan fingerprint density at radius 2 is 2.00 bits per heavy atom. The maximum atomic E-state index is 12.2. The molecular weight excluding hydrogens is 478 g/mol. The summed E-state index contributed by atoms with van der Waals surface area (Å²) in [5.74, 6) is 0.649. The maximum Gasteiger partial charge on any atom is 0.354 e. The topological polar surface area (TPSA) is 185 Å². The fraction of sp³-hybridized carbons (Fsp3) is 0.800. The molecule has 6 N–H and O–H groups in total. The number of alkyl halides is 2. The highest BCUT2D eigenvalue weighted by molar-refractivity contribution is 7.54. The molecule has 178 valence electrons. The summed E-state index contributed by atoms with van der Waals surface area (Å²) in [7, 11) is -2.84. The van der Waals surface area contributed by atoms with E-state index in [-0.39, 0.29) is 5.95 Å². The van der Waals surface area contributed by atoms with Crippen molar-refractivity contribution in [2.24, 2.45) is 0 Å². The molecule has 1 aromatic rings. The summed E-state index contributed by atoms with van der Waals surface area (Å²) in [6.07, 6.45) is -2.79. The highest BCUT2D eigenvalue weighted by Crippen LogP contribution is 2.48. The number of aliphatic hydroxyl groups is 3. The number of rotatable bonds is 7. The molecular formula is C15H27Cl2N6O7P. The van der Waals surface area contributed by atoms with E-state index < -0.39 is 44.5 Å². The van der Waals surface area contributed by atoms with Crippen molar-refractivity contribution in [1.29, 1.82) is 0 Å². The second-order valence-corrected chi connectivity index (χ2v) is 9.52. The zero-order chi connectivity index (χ0) is 23.0. The molecule has 1 unspecified atom stereocenters. The van der Waals surface area contributed by atoms with Gasteiger partial charge in [0, 0.05) is 31.4 Å². The molecule has 31 heavy (non-hydrogen) atoms. The predicted octanol–water partition coefficient (Wildman–Crippen LogP) is -1.28. The summed E-state index contributed by atoms with van der Waals surface area (Å²) in [5.41, 5.74) is 4.46. The molecule has 0 bridgehead atoms. The molecule has 2 fully saturated rings. The van der Waals surface area contributed by atoms with E-state index in [9.17, 15) is 19.6 Å². The van der Waals surface area contributed by atoms with E-state index in [2.05, 4.69) is 15.1 Å². The van der Waals surface area contributed by atoms with Crippen LogP contribution in [0, 0.1) is 0 Å². The first-order chi connectivity index (χ1) is 14.8. The average Bonchev–Trinajstić information content (AvgIpc) is 3.03. The van der Waals surface area contributed by atoms with Crippen LogP contribution in [0.3, 0.4) is 0 Å². The second kappa shape index (κ2) is 12.4. The zero-order valence-electron chi connectivity index (χ0n) is 16.6. The number of nitrogens with two attached hydrogens (primary N) is 1. The fourth-order valence-corrected chi connectivity index (χ4v) is 5.56. The first-order valence-electron chi connectivity index (χ1n) is 9.47. The molecule has 2 saturated heterocycles. The number of hydrogen-bond donors (Lipinski definition) is 5. The van der Waals surface area contributed by atoms with E-state index >= 15 is 0 Å². The van der Waals surface area contributed by atoms with Crippen molar-refractivity contribution in [2.45, 2.75) is 31.0 Å². The number of nitrogens with zero attached hydrogens (tertiary/aromatic N) is 4. The lowest BCUT2D eigenvalue weighted by Crippen LogP contribution is -2.36. The predicted molar refractivity (Wildman–Crippen MR) is 113 cm³/mol. The van der Waals surface area contributed by atoms with Gasteiger partial charge in [-0.25, -0.2) is 19.5 Å². The number of ether oxygens (including phenoxy) is 1. The highest BCUT2D eigenvalue weighted by Gasteiger charge is 2.43. The van der Waals surface area contributed by atoms with Crippen molar-refractivity contribution in [3.63, 3.8) is 0 Å². The quantitative estimate of drug-likeness (QED) is 0.219.